The van der Waals surface area contributed by atoms with Gasteiger partial charge in [0.25, 0.3) is 0 Å². The Hall–Kier alpha value is -2.21. The lowest BCUT2D eigenvalue weighted by Gasteiger charge is -2.29. The predicted octanol–water partition coefficient (Wildman–Crippen LogP) is 6.44. The van der Waals surface area contributed by atoms with Gasteiger partial charge in [0.1, 0.15) is 12.4 Å². The van der Waals surface area contributed by atoms with E-state index in [-0.39, 0.29) is 0 Å². The molecule has 0 aliphatic carbocycles. The Morgan fingerprint density at radius 2 is 1.90 bits per heavy atom. The van der Waals surface area contributed by atoms with Crippen LogP contribution in [0.2, 0.25) is 5.02 Å². The van der Waals surface area contributed by atoms with Gasteiger partial charge in [0, 0.05) is 35.4 Å². The smallest absolute Gasteiger partial charge is 0.124 e. The summed E-state index contributed by atoms with van der Waals surface area (Å²) in [6, 6.07) is 20.6. The minimum Gasteiger partial charge on any atom is -0.489 e. The van der Waals surface area contributed by atoms with Gasteiger partial charge >= 0.3 is 0 Å². The molecule has 1 aliphatic rings. The molecule has 0 amide bonds. The van der Waals surface area contributed by atoms with E-state index in [9.17, 15) is 0 Å². The lowest BCUT2D eigenvalue weighted by Crippen LogP contribution is -2.36. The summed E-state index contributed by atoms with van der Waals surface area (Å²) >= 11 is 10.1. The molecule has 31 heavy (non-hydrogen) atoms. The molecule has 162 valence electrons. The molecule has 0 saturated carbocycles. The standard InChI is InChI=1S/C25H26BrClN2O2/c1-18-3-2-4-19(13-18)17-31-25-8-5-21(26)14-20(25)16-28-22-6-7-24(23(27)15-22)29-9-11-30-12-10-29/h2-8,13-15,28H,9-12,16-17H2,1H3. The molecule has 1 saturated heterocycles. The number of nitrogens with one attached hydrogen (secondary N) is 1. The first-order valence-electron chi connectivity index (χ1n) is 10.4. The van der Waals surface area contributed by atoms with Crippen LogP contribution >= 0.6 is 27.5 Å². The van der Waals surface area contributed by atoms with Crippen molar-refractivity contribution in [1.82, 2.24) is 0 Å². The molecular weight excluding hydrogens is 476 g/mol. The van der Waals surface area contributed by atoms with Gasteiger partial charge in [-0.05, 0) is 48.9 Å². The second kappa shape index (κ2) is 10.4. The third kappa shape index (κ3) is 5.94. The molecule has 4 nitrogen and oxygen atoms in total. The lowest BCUT2D eigenvalue weighted by molar-refractivity contribution is 0.122. The van der Waals surface area contributed by atoms with Crippen molar-refractivity contribution < 1.29 is 9.47 Å². The van der Waals surface area contributed by atoms with Crippen LogP contribution in [0.4, 0.5) is 11.4 Å². The SMILES string of the molecule is Cc1cccc(COc2ccc(Br)cc2CNc2ccc(N3CCOCC3)c(Cl)c2)c1. The first-order chi connectivity index (χ1) is 15.1. The van der Waals surface area contributed by atoms with Gasteiger partial charge in [0.05, 0.1) is 23.9 Å². The van der Waals surface area contributed by atoms with Gasteiger partial charge in [0.2, 0.25) is 0 Å². The Morgan fingerprint density at radius 1 is 1.06 bits per heavy atom. The number of morpholine rings is 1. The Labute approximate surface area is 197 Å². The van der Waals surface area contributed by atoms with Gasteiger partial charge in [-0.15, -0.1) is 0 Å². The molecule has 0 atom stereocenters. The maximum atomic E-state index is 6.58. The minimum atomic E-state index is 0.538. The summed E-state index contributed by atoms with van der Waals surface area (Å²) in [6.07, 6.45) is 0. The topological polar surface area (TPSA) is 33.7 Å². The molecule has 0 aromatic heterocycles. The second-order valence-corrected chi connectivity index (χ2v) is 8.97. The molecule has 0 unspecified atom stereocenters. The highest BCUT2D eigenvalue weighted by atomic mass is 79.9. The number of benzene rings is 3. The fraction of sp³-hybridized carbons (Fsp3) is 0.280. The van der Waals surface area contributed by atoms with Crippen molar-refractivity contribution in [3.05, 3.63) is 86.8 Å². The molecule has 3 aromatic rings. The van der Waals surface area contributed by atoms with Crippen LogP contribution < -0.4 is 15.0 Å². The monoisotopic (exact) mass is 500 g/mol. The molecule has 6 heteroatoms. The molecule has 4 rings (SSSR count). The summed E-state index contributed by atoms with van der Waals surface area (Å²) in [4.78, 5) is 2.27. The molecule has 1 N–H and O–H groups in total. The van der Waals surface area contributed by atoms with Gasteiger partial charge in [-0.25, -0.2) is 0 Å². The van der Waals surface area contributed by atoms with Crippen molar-refractivity contribution in [3.63, 3.8) is 0 Å². The van der Waals surface area contributed by atoms with E-state index in [0.717, 1.165) is 64.0 Å². The zero-order valence-electron chi connectivity index (χ0n) is 17.5. The van der Waals surface area contributed by atoms with Gasteiger partial charge < -0.3 is 19.7 Å². The van der Waals surface area contributed by atoms with E-state index in [1.165, 1.54) is 5.56 Å². The minimum absolute atomic E-state index is 0.538. The summed E-state index contributed by atoms with van der Waals surface area (Å²) < 4.78 is 12.6. The quantitative estimate of drug-likeness (QED) is 0.404. The molecule has 1 fully saturated rings. The maximum absolute atomic E-state index is 6.58. The number of hydrogen-bond donors (Lipinski definition) is 1. The Balaban J connectivity index is 1.43. The number of rotatable bonds is 7. The van der Waals surface area contributed by atoms with Gasteiger partial charge in [-0.2, -0.15) is 0 Å². The summed E-state index contributed by atoms with van der Waals surface area (Å²) in [5.74, 6) is 0.869. The largest absolute Gasteiger partial charge is 0.489 e. The first kappa shape index (κ1) is 22.0. The van der Waals surface area contributed by atoms with Crippen molar-refractivity contribution in [3.8, 4) is 5.75 Å². The van der Waals surface area contributed by atoms with Crippen molar-refractivity contribution >= 4 is 38.9 Å². The molecule has 1 heterocycles. The highest BCUT2D eigenvalue weighted by Gasteiger charge is 2.14. The van der Waals surface area contributed by atoms with Crippen LogP contribution in [0.5, 0.6) is 5.75 Å². The van der Waals surface area contributed by atoms with Crippen molar-refractivity contribution in [2.75, 3.05) is 36.5 Å². The number of nitrogens with zero attached hydrogens (tertiary/aromatic N) is 1. The first-order valence-corrected chi connectivity index (χ1v) is 11.6. The lowest BCUT2D eigenvalue weighted by atomic mass is 10.1. The molecule has 0 bridgehead atoms. The average Bonchev–Trinajstić information content (AvgIpc) is 2.78. The summed E-state index contributed by atoms with van der Waals surface area (Å²) in [7, 11) is 0. The van der Waals surface area contributed by atoms with Gasteiger partial charge in [0.15, 0.2) is 0 Å². The van der Waals surface area contributed by atoms with E-state index in [0.29, 0.717) is 13.2 Å². The normalized spacial score (nSPS) is 13.8. The molecular formula is C25H26BrClN2O2. The number of ether oxygens (including phenoxy) is 2. The van der Waals surface area contributed by atoms with E-state index in [1.807, 2.05) is 18.2 Å². The van der Waals surface area contributed by atoms with Crippen LogP contribution in [0, 0.1) is 6.92 Å². The van der Waals surface area contributed by atoms with Crippen LogP contribution in [0.1, 0.15) is 16.7 Å². The Morgan fingerprint density at radius 3 is 2.68 bits per heavy atom. The summed E-state index contributed by atoms with van der Waals surface area (Å²) in [5.41, 5.74) is 5.51. The van der Waals surface area contributed by atoms with Crippen LogP contribution in [-0.2, 0) is 17.9 Å². The molecule has 1 aliphatic heterocycles. The summed E-state index contributed by atoms with van der Waals surface area (Å²) in [6.45, 7) is 6.48. The van der Waals surface area contributed by atoms with E-state index in [1.54, 1.807) is 0 Å². The fourth-order valence-corrected chi connectivity index (χ4v) is 4.37. The van der Waals surface area contributed by atoms with E-state index in [2.05, 4.69) is 75.5 Å². The fourth-order valence-electron chi connectivity index (χ4n) is 3.66. The molecule has 0 radical (unpaired) electrons. The Bertz CT molecular complexity index is 1040. The maximum Gasteiger partial charge on any atom is 0.124 e. The van der Waals surface area contributed by atoms with Gasteiger partial charge in [-0.1, -0.05) is 57.4 Å². The third-order valence-electron chi connectivity index (χ3n) is 5.28. The highest BCUT2D eigenvalue weighted by molar-refractivity contribution is 9.10. The number of aryl methyl sites for hydroxylation is 1. The van der Waals surface area contributed by atoms with Crippen LogP contribution in [-0.4, -0.2) is 26.3 Å². The highest BCUT2D eigenvalue weighted by Crippen LogP contribution is 2.31. The predicted molar refractivity (Wildman–Crippen MR) is 131 cm³/mol. The van der Waals surface area contributed by atoms with E-state index >= 15 is 0 Å². The van der Waals surface area contributed by atoms with E-state index in [4.69, 9.17) is 21.1 Å². The van der Waals surface area contributed by atoms with Crippen molar-refractivity contribution in [1.29, 1.82) is 0 Å². The third-order valence-corrected chi connectivity index (χ3v) is 6.08. The second-order valence-electron chi connectivity index (χ2n) is 7.65. The zero-order valence-corrected chi connectivity index (χ0v) is 19.9. The van der Waals surface area contributed by atoms with Crippen LogP contribution in [0.3, 0.4) is 0 Å². The van der Waals surface area contributed by atoms with Crippen molar-refractivity contribution in [2.24, 2.45) is 0 Å². The van der Waals surface area contributed by atoms with Crippen LogP contribution in [0.15, 0.2) is 65.1 Å². The van der Waals surface area contributed by atoms with Crippen LogP contribution in [0.25, 0.3) is 0 Å². The summed E-state index contributed by atoms with van der Waals surface area (Å²) in [5, 5.41) is 4.23. The number of halogens is 2. The van der Waals surface area contributed by atoms with Crippen molar-refractivity contribution in [2.45, 2.75) is 20.1 Å². The molecule has 3 aromatic carbocycles. The molecule has 0 spiro atoms. The number of anilines is 2. The van der Waals surface area contributed by atoms with E-state index < -0.39 is 0 Å². The van der Waals surface area contributed by atoms with Gasteiger partial charge in [-0.3, -0.25) is 0 Å². The number of hydrogen-bond acceptors (Lipinski definition) is 4. The Kier molecular flexibility index (Phi) is 7.38. The average molecular weight is 502 g/mol. The zero-order chi connectivity index (χ0) is 21.6.